The van der Waals surface area contributed by atoms with E-state index in [4.69, 9.17) is 0 Å². The quantitative estimate of drug-likeness (QED) is 0.880. The second kappa shape index (κ2) is 5.77. The number of benzene rings is 1. The van der Waals surface area contributed by atoms with Gasteiger partial charge < -0.3 is 10.2 Å². The molecule has 0 unspecified atom stereocenters. The Morgan fingerprint density at radius 1 is 1.15 bits per heavy atom. The molecule has 1 N–H and O–H groups in total. The molecule has 1 aromatic rings. The van der Waals surface area contributed by atoms with E-state index in [-0.39, 0.29) is 0 Å². The van der Waals surface area contributed by atoms with Crippen LogP contribution < -0.4 is 10.2 Å². The molecular weight excluding hydrogens is 244 g/mol. The summed E-state index contributed by atoms with van der Waals surface area (Å²) >= 11 is 0. The first-order valence-corrected chi connectivity index (χ1v) is 8.13. The SMILES string of the molecule is C[C@@H](NCc1ccc(N(C)C)cc1)[C@H]1C[C@@H]2CC[C@@H]1C2. The maximum atomic E-state index is 3.76. The number of hydrogen-bond donors (Lipinski definition) is 1. The molecule has 2 aliphatic rings. The van der Waals surface area contributed by atoms with Gasteiger partial charge in [-0.1, -0.05) is 18.6 Å². The number of nitrogens with one attached hydrogen (secondary N) is 1. The van der Waals surface area contributed by atoms with E-state index in [0.717, 1.165) is 24.3 Å². The molecule has 2 saturated carbocycles. The number of rotatable bonds is 5. The van der Waals surface area contributed by atoms with Gasteiger partial charge in [0.25, 0.3) is 0 Å². The van der Waals surface area contributed by atoms with E-state index < -0.39 is 0 Å². The molecule has 2 bridgehead atoms. The Hall–Kier alpha value is -1.02. The van der Waals surface area contributed by atoms with Gasteiger partial charge in [0, 0.05) is 32.4 Å². The van der Waals surface area contributed by atoms with Crippen molar-refractivity contribution in [1.82, 2.24) is 5.32 Å². The first kappa shape index (κ1) is 13.9. The smallest absolute Gasteiger partial charge is 0.0361 e. The summed E-state index contributed by atoms with van der Waals surface area (Å²) in [6.45, 7) is 3.39. The number of nitrogens with zero attached hydrogens (tertiary/aromatic N) is 1. The molecule has 0 radical (unpaired) electrons. The highest BCUT2D eigenvalue weighted by Gasteiger charge is 2.41. The van der Waals surface area contributed by atoms with Crippen LogP contribution in [0, 0.1) is 17.8 Å². The fourth-order valence-electron chi connectivity index (χ4n) is 4.25. The highest BCUT2D eigenvalue weighted by atomic mass is 15.1. The summed E-state index contributed by atoms with van der Waals surface area (Å²) in [6.07, 6.45) is 5.96. The predicted molar refractivity (Wildman–Crippen MR) is 86.0 cm³/mol. The third kappa shape index (κ3) is 2.85. The highest BCUT2D eigenvalue weighted by Crippen LogP contribution is 2.49. The Labute approximate surface area is 123 Å². The van der Waals surface area contributed by atoms with Crippen molar-refractivity contribution in [3.8, 4) is 0 Å². The van der Waals surface area contributed by atoms with Crippen LogP contribution in [0.25, 0.3) is 0 Å². The largest absolute Gasteiger partial charge is 0.378 e. The Morgan fingerprint density at radius 2 is 1.90 bits per heavy atom. The average Bonchev–Trinajstić information content (AvgIpc) is 3.08. The molecule has 1 aromatic carbocycles. The molecule has 0 aromatic heterocycles. The van der Waals surface area contributed by atoms with E-state index in [0.29, 0.717) is 6.04 Å². The van der Waals surface area contributed by atoms with E-state index in [1.807, 2.05) is 0 Å². The van der Waals surface area contributed by atoms with E-state index in [1.54, 1.807) is 0 Å². The zero-order chi connectivity index (χ0) is 14.1. The van der Waals surface area contributed by atoms with Gasteiger partial charge >= 0.3 is 0 Å². The van der Waals surface area contributed by atoms with Crippen LogP contribution in [0.2, 0.25) is 0 Å². The normalized spacial score (nSPS) is 29.6. The van der Waals surface area contributed by atoms with Crippen molar-refractivity contribution in [2.24, 2.45) is 17.8 Å². The molecule has 4 atom stereocenters. The molecular formula is C18H28N2. The van der Waals surface area contributed by atoms with E-state index in [1.165, 1.54) is 36.9 Å². The summed E-state index contributed by atoms with van der Waals surface area (Å²) in [5, 5.41) is 3.76. The lowest BCUT2D eigenvalue weighted by molar-refractivity contribution is 0.259. The van der Waals surface area contributed by atoms with Gasteiger partial charge in [0.15, 0.2) is 0 Å². The molecule has 2 nitrogen and oxygen atoms in total. The summed E-state index contributed by atoms with van der Waals surface area (Å²) in [5.74, 6) is 2.99. The Bertz CT molecular complexity index is 437. The molecule has 2 aliphatic carbocycles. The van der Waals surface area contributed by atoms with Crippen LogP contribution >= 0.6 is 0 Å². The standard InChI is InChI=1S/C18H28N2/c1-13(18-11-15-4-7-16(18)10-15)19-12-14-5-8-17(9-6-14)20(2)3/h5-6,8-9,13,15-16,18-19H,4,7,10-12H2,1-3H3/t13-,15-,16-,18-/m1/s1. The Kier molecular flexibility index (Phi) is 4.02. The zero-order valence-electron chi connectivity index (χ0n) is 13.1. The van der Waals surface area contributed by atoms with Crippen molar-refractivity contribution in [2.45, 2.75) is 45.2 Å². The monoisotopic (exact) mass is 272 g/mol. The van der Waals surface area contributed by atoms with Crippen molar-refractivity contribution in [3.63, 3.8) is 0 Å². The minimum atomic E-state index is 0.666. The molecule has 0 aliphatic heterocycles. The fraction of sp³-hybridized carbons (Fsp3) is 0.667. The van der Waals surface area contributed by atoms with Gasteiger partial charge in [0.2, 0.25) is 0 Å². The lowest BCUT2D eigenvalue weighted by atomic mass is 9.84. The third-order valence-corrected chi connectivity index (χ3v) is 5.52. The minimum absolute atomic E-state index is 0.666. The summed E-state index contributed by atoms with van der Waals surface area (Å²) in [7, 11) is 4.18. The van der Waals surface area contributed by atoms with Crippen molar-refractivity contribution in [1.29, 1.82) is 0 Å². The van der Waals surface area contributed by atoms with Gasteiger partial charge in [0.05, 0.1) is 0 Å². The van der Waals surface area contributed by atoms with Crippen LogP contribution in [-0.4, -0.2) is 20.1 Å². The molecule has 2 fully saturated rings. The molecule has 0 amide bonds. The van der Waals surface area contributed by atoms with Crippen molar-refractivity contribution >= 4 is 5.69 Å². The minimum Gasteiger partial charge on any atom is -0.378 e. The van der Waals surface area contributed by atoms with Crippen LogP contribution in [0.4, 0.5) is 5.69 Å². The third-order valence-electron chi connectivity index (χ3n) is 5.52. The van der Waals surface area contributed by atoms with E-state index in [9.17, 15) is 0 Å². The van der Waals surface area contributed by atoms with Crippen LogP contribution in [0.3, 0.4) is 0 Å². The molecule has 110 valence electrons. The molecule has 3 rings (SSSR count). The second-order valence-corrected chi connectivity index (χ2v) is 7.07. The fourth-order valence-corrected chi connectivity index (χ4v) is 4.25. The molecule has 20 heavy (non-hydrogen) atoms. The summed E-state index contributed by atoms with van der Waals surface area (Å²) < 4.78 is 0. The number of fused-ring (bicyclic) bond motifs is 2. The van der Waals surface area contributed by atoms with Crippen molar-refractivity contribution < 1.29 is 0 Å². The predicted octanol–water partition coefficient (Wildman–Crippen LogP) is 3.67. The lowest BCUT2D eigenvalue weighted by Crippen LogP contribution is -2.35. The van der Waals surface area contributed by atoms with E-state index in [2.05, 4.69) is 55.5 Å². The van der Waals surface area contributed by atoms with Crippen LogP contribution in [-0.2, 0) is 6.54 Å². The molecule has 0 heterocycles. The average molecular weight is 272 g/mol. The first-order valence-electron chi connectivity index (χ1n) is 8.13. The van der Waals surface area contributed by atoms with Crippen LogP contribution in [0.15, 0.2) is 24.3 Å². The summed E-state index contributed by atoms with van der Waals surface area (Å²) in [6, 6.07) is 9.57. The topological polar surface area (TPSA) is 15.3 Å². The lowest BCUT2D eigenvalue weighted by Gasteiger charge is -2.28. The summed E-state index contributed by atoms with van der Waals surface area (Å²) in [4.78, 5) is 2.15. The van der Waals surface area contributed by atoms with Crippen LogP contribution in [0.1, 0.15) is 38.2 Å². The van der Waals surface area contributed by atoms with Gasteiger partial charge in [0.1, 0.15) is 0 Å². The number of anilines is 1. The van der Waals surface area contributed by atoms with E-state index >= 15 is 0 Å². The van der Waals surface area contributed by atoms with Gasteiger partial charge in [-0.3, -0.25) is 0 Å². The Balaban J connectivity index is 1.51. The molecule has 0 spiro atoms. The molecule has 0 saturated heterocycles. The Morgan fingerprint density at radius 3 is 2.45 bits per heavy atom. The molecule has 2 heteroatoms. The highest BCUT2D eigenvalue weighted by molar-refractivity contribution is 5.45. The van der Waals surface area contributed by atoms with Crippen LogP contribution in [0.5, 0.6) is 0 Å². The number of hydrogen-bond acceptors (Lipinski definition) is 2. The zero-order valence-corrected chi connectivity index (χ0v) is 13.1. The second-order valence-electron chi connectivity index (χ2n) is 7.07. The van der Waals surface area contributed by atoms with Gasteiger partial charge in [-0.25, -0.2) is 0 Å². The van der Waals surface area contributed by atoms with Crippen molar-refractivity contribution in [2.75, 3.05) is 19.0 Å². The van der Waals surface area contributed by atoms with Gasteiger partial charge in [-0.15, -0.1) is 0 Å². The van der Waals surface area contributed by atoms with Crippen molar-refractivity contribution in [3.05, 3.63) is 29.8 Å². The summed E-state index contributed by atoms with van der Waals surface area (Å²) in [5.41, 5.74) is 2.67. The first-order chi connectivity index (χ1) is 9.63. The van der Waals surface area contributed by atoms with Gasteiger partial charge in [-0.05, 0) is 61.6 Å². The maximum absolute atomic E-state index is 3.76. The van der Waals surface area contributed by atoms with Gasteiger partial charge in [-0.2, -0.15) is 0 Å². The maximum Gasteiger partial charge on any atom is 0.0361 e.